The van der Waals surface area contributed by atoms with Gasteiger partial charge in [-0.1, -0.05) is 73.6 Å². The Balaban J connectivity index is 2.32. The minimum atomic E-state index is -0.426. The fourth-order valence-electron chi connectivity index (χ4n) is 4.27. The van der Waals surface area contributed by atoms with E-state index in [1.54, 1.807) is 0 Å². The van der Waals surface area contributed by atoms with Crippen molar-refractivity contribution in [2.24, 2.45) is 11.1 Å². The van der Waals surface area contributed by atoms with Gasteiger partial charge in [0.2, 0.25) is 5.91 Å². The van der Waals surface area contributed by atoms with Crippen molar-refractivity contribution in [2.45, 2.75) is 60.3 Å². The molecule has 2 N–H and O–H groups in total. The largest absolute Gasteiger partial charge is 0.494 e. The van der Waals surface area contributed by atoms with Crippen molar-refractivity contribution < 1.29 is 9.53 Å². The van der Waals surface area contributed by atoms with Crippen molar-refractivity contribution in [1.29, 1.82) is 0 Å². The Morgan fingerprint density at radius 2 is 1.90 bits per heavy atom. The van der Waals surface area contributed by atoms with Crippen LogP contribution in [0.1, 0.15) is 65.9 Å². The highest BCUT2D eigenvalue weighted by Gasteiger charge is 2.33. The fourth-order valence-corrected chi connectivity index (χ4v) is 4.27. The Hall–Kier alpha value is -2.81. The molecule has 0 aromatic heterocycles. The summed E-state index contributed by atoms with van der Waals surface area (Å²) in [7, 11) is 0. The van der Waals surface area contributed by atoms with Crippen molar-refractivity contribution in [3.05, 3.63) is 88.6 Å². The van der Waals surface area contributed by atoms with Crippen LogP contribution in [0.2, 0.25) is 0 Å². The standard InChI is InChI=1S/C28H37NO2/c1-7-31-26-14-9-8-13-24(26)23-17-18-28(5,6)25(22(23)4)16-15-20(2)11-10-12-21(3)19-27(29)30/h8-16,19,23H,7,17-18H2,1-6H3,(H2,29,30)/b12-10?,16-15?,20-11?,21-19+. The molecule has 1 aromatic carbocycles. The number of nitrogens with two attached hydrogens (primary N) is 1. The fraction of sp³-hybridized carbons (Fsp3) is 0.393. The average Bonchev–Trinajstić information content (AvgIpc) is 2.68. The molecule has 31 heavy (non-hydrogen) atoms. The normalized spacial score (nSPS) is 20.0. The first-order valence-corrected chi connectivity index (χ1v) is 11.1. The Kier molecular flexibility index (Phi) is 8.67. The predicted molar refractivity (Wildman–Crippen MR) is 131 cm³/mol. The molecule has 0 heterocycles. The summed E-state index contributed by atoms with van der Waals surface area (Å²) in [6, 6.07) is 8.43. The van der Waals surface area contributed by atoms with Crippen molar-refractivity contribution in [2.75, 3.05) is 6.61 Å². The molecule has 1 atom stereocenters. The summed E-state index contributed by atoms with van der Waals surface area (Å²) in [5.41, 5.74) is 11.4. The third-order valence-corrected chi connectivity index (χ3v) is 5.93. The van der Waals surface area contributed by atoms with Gasteiger partial charge < -0.3 is 10.5 Å². The summed E-state index contributed by atoms with van der Waals surface area (Å²) in [6.45, 7) is 13.6. The van der Waals surface area contributed by atoms with Crippen LogP contribution in [-0.4, -0.2) is 12.5 Å². The quantitative estimate of drug-likeness (QED) is 0.372. The highest BCUT2D eigenvalue weighted by atomic mass is 16.5. The van der Waals surface area contributed by atoms with Crippen LogP contribution in [0.3, 0.4) is 0 Å². The predicted octanol–water partition coefficient (Wildman–Crippen LogP) is 6.80. The minimum Gasteiger partial charge on any atom is -0.494 e. The Morgan fingerprint density at radius 3 is 2.58 bits per heavy atom. The van der Waals surface area contributed by atoms with Crippen molar-refractivity contribution in [3.63, 3.8) is 0 Å². The molecule has 3 nitrogen and oxygen atoms in total. The number of ether oxygens (including phenoxy) is 1. The Bertz CT molecular complexity index is 942. The third kappa shape index (κ3) is 6.85. The molecule has 0 aliphatic heterocycles. The molecule has 1 aliphatic carbocycles. The number of allylic oxidation sites excluding steroid dienone is 9. The first-order chi connectivity index (χ1) is 14.7. The van der Waals surface area contributed by atoms with Crippen LogP contribution in [-0.2, 0) is 4.79 Å². The monoisotopic (exact) mass is 419 g/mol. The summed E-state index contributed by atoms with van der Waals surface area (Å²) >= 11 is 0. The van der Waals surface area contributed by atoms with Crippen LogP contribution in [0.25, 0.3) is 0 Å². The van der Waals surface area contributed by atoms with Gasteiger partial charge in [-0.05, 0) is 63.2 Å². The second-order valence-corrected chi connectivity index (χ2v) is 8.94. The molecule has 0 fully saturated rings. The van der Waals surface area contributed by atoms with Crippen LogP contribution in [0, 0.1) is 5.41 Å². The summed E-state index contributed by atoms with van der Waals surface area (Å²) in [5.74, 6) is 0.948. The molecule has 3 heteroatoms. The maximum atomic E-state index is 10.9. The lowest BCUT2D eigenvalue weighted by molar-refractivity contribution is -0.113. The molecule has 1 unspecified atom stereocenters. The molecule has 166 valence electrons. The number of rotatable bonds is 8. The van der Waals surface area contributed by atoms with Crippen LogP contribution in [0.5, 0.6) is 5.75 Å². The zero-order valence-electron chi connectivity index (χ0n) is 19.9. The van der Waals surface area contributed by atoms with Gasteiger partial charge in [0.15, 0.2) is 0 Å². The number of para-hydroxylation sites is 1. The van der Waals surface area contributed by atoms with Crippen LogP contribution in [0.4, 0.5) is 0 Å². The van der Waals surface area contributed by atoms with Gasteiger partial charge in [-0.3, -0.25) is 4.79 Å². The van der Waals surface area contributed by atoms with Gasteiger partial charge >= 0.3 is 0 Å². The summed E-state index contributed by atoms with van der Waals surface area (Å²) in [4.78, 5) is 10.9. The number of carbonyl (C=O) groups excluding carboxylic acids is 1. The average molecular weight is 420 g/mol. The van der Waals surface area contributed by atoms with E-state index >= 15 is 0 Å². The van der Waals surface area contributed by atoms with Crippen LogP contribution in [0.15, 0.2) is 83.0 Å². The van der Waals surface area contributed by atoms with Gasteiger partial charge in [-0.2, -0.15) is 0 Å². The lowest BCUT2D eigenvalue weighted by Gasteiger charge is -2.38. The van der Waals surface area contributed by atoms with Gasteiger partial charge in [-0.25, -0.2) is 0 Å². The van der Waals surface area contributed by atoms with Crippen LogP contribution >= 0.6 is 0 Å². The molecule has 1 aliphatic rings. The molecular formula is C28H37NO2. The molecule has 0 saturated heterocycles. The first-order valence-electron chi connectivity index (χ1n) is 11.1. The smallest absolute Gasteiger partial charge is 0.241 e. The van der Waals surface area contributed by atoms with E-state index in [0.29, 0.717) is 12.5 Å². The Morgan fingerprint density at radius 1 is 1.19 bits per heavy atom. The number of hydrogen-bond acceptors (Lipinski definition) is 2. The second-order valence-electron chi connectivity index (χ2n) is 8.94. The van der Waals surface area contributed by atoms with Crippen molar-refractivity contribution >= 4 is 5.91 Å². The SMILES string of the molecule is CCOc1ccccc1C1CCC(C)(C)C(C=CC(C)=CC=C/C(C)=C/C(N)=O)=C1C. The molecule has 0 spiro atoms. The number of benzene rings is 1. The Labute approximate surface area is 188 Å². The first kappa shape index (κ1) is 24.5. The number of hydrogen-bond donors (Lipinski definition) is 1. The van der Waals surface area contributed by atoms with Gasteiger partial charge in [0.05, 0.1) is 6.61 Å². The lowest BCUT2D eigenvalue weighted by Crippen LogP contribution is -2.24. The van der Waals surface area contributed by atoms with E-state index in [1.807, 2.05) is 38.1 Å². The summed E-state index contributed by atoms with van der Waals surface area (Å²) in [6.07, 6.45) is 14.0. The minimum absolute atomic E-state index is 0.134. The maximum absolute atomic E-state index is 10.9. The molecular weight excluding hydrogens is 382 g/mol. The van der Waals surface area contributed by atoms with Gasteiger partial charge in [0, 0.05) is 17.6 Å². The number of carbonyl (C=O) groups is 1. The zero-order valence-corrected chi connectivity index (χ0v) is 19.9. The molecule has 2 rings (SSSR count). The van der Waals surface area contributed by atoms with E-state index in [-0.39, 0.29) is 5.41 Å². The van der Waals surface area contributed by atoms with E-state index in [1.165, 1.54) is 22.8 Å². The summed E-state index contributed by atoms with van der Waals surface area (Å²) < 4.78 is 5.92. The van der Waals surface area contributed by atoms with Gasteiger partial charge in [0.25, 0.3) is 0 Å². The van der Waals surface area contributed by atoms with E-state index in [0.717, 1.165) is 29.7 Å². The van der Waals surface area contributed by atoms with E-state index in [9.17, 15) is 4.79 Å². The topological polar surface area (TPSA) is 52.3 Å². The van der Waals surface area contributed by atoms with Gasteiger partial charge in [0.1, 0.15) is 5.75 Å². The number of primary amides is 1. The van der Waals surface area contributed by atoms with Crippen molar-refractivity contribution in [3.8, 4) is 5.75 Å². The molecule has 1 aromatic rings. The highest BCUT2D eigenvalue weighted by Crippen LogP contribution is 2.48. The van der Waals surface area contributed by atoms with Gasteiger partial charge in [-0.15, -0.1) is 0 Å². The maximum Gasteiger partial charge on any atom is 0.241 e. The second kappa shape index (κ2) is 11.0. The van der Waals surface area contributed by atoms with E-state index in [2.05, 4.69) is 58.0 Å². The summed E-state index contributed by atoms with van der Waals surface area (Å²) in [5, 5.41) is 0. The van der Waals surface area contributed by atoms with Crippen molar-refractivity contribution in [1.82, 2.24) is 0 Å². The highest BCUT2D eigenvalue weighted by molar-refractivity contribution is 5.86. The lowest BCUT2D eigenvalue weighted by atomic mass is 9.67. The molecule has 1 amide bonds. The van der Waals surface area contributed by atoms with Crippen LogP contribution < -0.4 is 10.5 Å². The molecule has 0 saturated carbocycles. The van der Waals surface area contributed by atoms with E-state index in [4.69, 9.17) is 10.5 Å². The zero-order chi connectivity index (χ0) is 23.0. The molecule has 0 bridgehead atoms. The van der Waals surface area contributed by atoms with E-state index < -0.39 is 5.91 Å². The number of amides is 1. The molecule has 0 radical (unpaired) electrons. The third-order valence-electron chi connectivity index (χ3n) is 5.93.